The Hall–Kier alpha value is -6.78. The number of anilines is 4. The fourth-order valence-electron chi connectivity index (χ4n) is 8.99. The van der Waals surface area contributed by atoms with Gasteiger partial charge in [0, 0.05) is 80.2 Å². The summed E-state index contributed by atoms with van der Waals surface area (Å²) in [5.41, 5.74) is 14.6. The summed E-state index contributed by atoms with van der Waals surface area (Å²) in [4.78, 5) is 4.65. The molecule has 0 spiro atoms. The van der Waals surface area contributed by atoms with Crippen molar-refractivity contribution in [2.45, 2.75) is 18.8 Å². The minimum absolute atomic E-state index is 0.587. The second kappa shape index (κ2) is 12.7. The average Bonchev–Trinajstić information content (AvgIpc) is 3.96. The van der Waals surface area contributed by atoms with Crippen LogP contribution in [0.15, 0.2) is 188 Å². The molecule has 0 bridgehead atoms. The van der Waals surface area contributed by atoms with Gasteiger partial charge in [0.05, 0.1) is 16.6 Å². The lowest BCUT2D eigenvalue weighted by molar-refractivity contribution is 0.896. The van der Waals surface area contributed by atoms with Crippen LogP contribution in [0.3, 0.4) is 0 Å². The summed E-state index contributed by atoms with van der Waals surface area (Å²) in [5.74, 6) is 1.24. The molecule has 0 radical (unpaired) electrons. The van der Waals surface area contributed by atoms with Crippen molar-refractivity contribution in [2.24, 2.45) is 5.92 Å². The maximum atomic E-state index is 2.52. The molecule has 4 nitrogen and oxygen atoms in total. The van der Waals surface area contributed by atoms with Gasteiger partial charge in [-0.05, 0) is 122 Å². The third kappa shape index (κ3) is 5.20. The van der Waals surface area contributed by atoms with Crippen molar-refractivity contribution in [3.05, 3.63) is 199 Å². The summed E-state index contributed by atoms with van der Waals surface area (Å²) < 4.78 is 5.00. The maximum Gasteiger partial charge on any atom is 0.0542 e. The summed E-state index contributed by atoms with van der Waals surface area (Å²) in [6.45, 7) is 0. The number of fused-ring (bicyclic) bond motifs is 8. The lowest BCUT2D eigenvalue weighted by Crippen LogP contribution is -2.14. The summed E-state index contributed by atoms with van der Waals surface area (Å²) in [7, 11) is 2.17. The van der Waals surface area contributed by atoms with Gasteiger partial charge < -0.3 is 18.9 Å². The zero-order valence-corrected chi connectivity index (χ0v) is 30.8. The van der Waals surface area contributed by atoms with Crippen molar-refractivity contribution >= 4 is 61.5 Å². The second-order valence-electron chi connectivity index (χ2n) is 15.0. The molecule has 2 heterocycles. The molecule has 4 heteroatoms. The molecule has 55 heavy (non-hydrogen) atoms. The fraction of sp³-hybridized carbons (Fsp3) is 0.0980. The summed E-state index contributed by atoms with van der Waals surface area (Å²) in [6, 6.07) is 53.3. The van der Waals surface area contributed by atoms with E-state index in [-0.39, 0.29) is 0 Å². The lowest BCUT2D eigenvalue weighted by atomic mass is 10.0. The van der Waals surface area contributed by atoms with Crippen LogP contribution in [0.25, 0.3) is 50.2 Å². The molecule has 264 valence electrons. The van der Waals surface area contributed by atoms with Crippen molar-refractivity contribution in [2.75, 3.05) is 16.8 Å². The Balaban J connectivity index is 1.14. The molecule has 0 N–H and O–H groups in total. The Morgan fingerprint density at radius 3 is 1.91 bits per heavy atom. The number of nitrogens with zero attached hydrogens (tertiary/aromatic N) is 4. The molecule has 6 aromatic carbocycles. The fourth-order valence-corrected chi connectivity index (χ4v) is 8.99. The number of aromatic nitrogens is 2. The Morgan fingerprint density at radius 1 is 0.545 bits per heavy atom. The highest BCUT2D eigenvalue weighted by atomic mass is 15.1. The highest BCUT2D eigenvalue weighted by molar-refractivity contribution is 6.12. The first-order chi connectivity index (χ1) is 27.2. The van der Waals surface area contributed by atoms with Crippen LogP contribution in [0.5, 0.6) is 0 Å². The number of hydrogen-bond donors (Lipinski definition) is 0. The third-order valence-corrected chi connectivity index (χ3v) is 11.8. The van der Waals surface area contributed by atoms with Crippen LogP contribution in [0, 0.1) is 5.92 Å². The van der Waals surface area contributed by atoms with E-state index in [1.54, 1.807) is 0 Å². The van der Waals surface area contributed by atoms with Crippen LogP contribution in [0.4, 0.5) is 22.7 Å². The molecule has 3 aliphatic carbocycles. The van der Waals surface area contributed by atoms with E-state index in [0.717, 1.165) is 29.2 Å². The summed E-state index contributed by atoms with van der Waals surface area (Å²) in [5, 5.41) is 3.75. The highest BCUT2D eigenvalue weighted by Gasteiger charge is 2.43. The standard InChI is InChI=1S/C51H40N4/c1-52(36-15-7-2-3-8-16-36)40-24-28-48-46(32-40)47-33-41(53(37-17-9-4-10-18-37)38-19-11-5-12-20-38)25-29-49(47)54(48)42-26-30-50-45(34-42)43-27-23-35-31-44(35)51(43)55(50)39-21-13-6-14-22-39/h2,4-30,32-35,44H,3,31H2,1H3. The quantitative estimate of drug-likeness (QED) is 0.164. The van der Waals surface area contributed by atoms with Gasteiger partial charge in [-0.2, -0.15) is 0 Å². The van der Waals surface area contributed by atoms with Gasteiger partial charge in [0.1, 0.15) is 0 Å². The number of hydrogen-bond acceptors (Lipinski definition) is 2. The van der Waals surface area contributed by atoms with Gasteiger partial charge in [-0.1, -0.05) is 85.0 Å². The Labute approximate surface area is 321 Å². The van der Waals surface area contributed by atoms with E-state index < -0.39 is 0 Å². The second-order valence-corrected chi connectivity index (χ2v) is 15.0. The van der Waals surface area contributed by atoms with Crippen LogP contribution < -0.4 is 9.80 Å². The molecule has 1 fully saturated rings. The molecular weight excluding hydrogens is 669 g/mol. The monoisotopic (exact) mass is 708 g/mol. The first-order valence-corrected chi connectivity index (χ1v) is 19.4. The molecule has 3 aliphatic rings. The van der Waals surface area contributed by atoms with E-state index in [1.165, 1.54) is 67.5 Å². The Bertz CT molecular complexity index is 2850. The van der Waals surface area contributed by atoms with Gasteiger partial charge >= 0.3 is 0 Å². The number of para-hydroxylation sites is 3. The topological polar surface area (TPSA) is 16.3 Å². The zero-order valence-electron chi connectivity index (χ0n) is 30.8. The molecule has 2 aromatic heterocycles. The number of benzene rings is 6. The van der Waals surface area contributed by atoms with Crippen molar-refractivity contribution in [1.82, 2.24) is 9.13 Å². The minimum Gasteiger partial charge on any atom is -0.345 e. The predicted octanol–water partition coefficient (Wildman–Crippen LogP) is 13.2. The number of likely N-dealkylation sites (N-methyl/N-ethyl adjacent to an activating group) is 1. The van der Waals surface area contributed by atoms with E-state index in [9.17, 15) is 0 Å². The first-order valence-electron chi connectivity index (χ1n) is 19.4. The van der Waals surface area contributed by atoms with Gasteiger partial charge in [0.2, 0.25) is 0 Å². The molecule has 0 saturated heterocycles. The molecule has 8 aromatic rings. The van der Waals surface area contributed by atoms with Gasteiger partial charge in [0.25, 0.3) is 0 Å². The minimum atomic E-state index is 0.587. The molecule has 2 atom stereocenters. The molecular formula is C51H40N4. The normalized spacial score (nSPS) is 16.9. The zero-order chi connectivity index (χ0) is 36.5. The molecule has 11 rings (SSSR count). The smallest absolute Gasteiger partial charge is 0.0542 e. The van der Waals surface area contributed by atoms with Gasteiger partial charge in [-0.15, -0.1) is 0 Å². The van der Waals surface area contributed by atoms with Crippen LogP contribution in [-0.2, 0) is 0 Å². The SMILES string of the molecule is CN(C1=CC=CCC=C1)c1ccc2c(c1)c1cc(N(c3ccccc3)c3ccccc3)ccc1n2-c1ccc2c(c1)c1c(n2-c2ccccc2)C2CC2C=C1. The van der Waals surface area contributed by atoms with E-state index >= 15 is 0 Å². The van der Waals surface area contributed by atoms with Crippen molar-refractivity contribution in [3.63, 3.8) is 0 Å². The van der Waals surface area contributed by atoms with Crippen molar-refractivity contribution in [3.8, 4) is 11.4 Å². The number of rotatable bonds is 7. The maximum absolute atomic E-state index is 2.52. The van der Waals surface area contributed by atoms with Gasteiger partial charge in [-0.25, -0.2) is 0 Å². The van der Waals surface area contributed by atoms with E-state index in [0.29, 0.717) is 11.8 Å². The summed E-state index contributed by atoms with van der Waals surface area (Å²) in [6.07, 6.45) is 18.0. The van der Waals surface area contributed by atoms with Crippen molar-refractivity contribution < 1.29 is 0 Å². The predicted molar refractivity (Wildman–Crippen MR) is 232 cm³/mol. The van der Waals surface area contributed by atoms with Crippen LogP contribution in [0.1, 0.15) is 30.0 Å². The first kappa shape index (κ1) is 31.7. The van der Waals surface area contributed by atoms with Crippen LogP contribution >= 0.6 is 0 Å². The van der Waals surface area contributed by atoms with E-state index in [2.05, 4.69) is 214 Å². The van der Waals surface area contributed by atoms with Gasteiger partial charge in [0.15, 0.2) is 0 Å². The number of allylic oxidation sites excluding steroid dienone is 6. The van der Waals surface area contributed by atoms with Crippen LogP contribution in [-0.4, -0.2) is 16.2 Å². The lowest BCUT2D eigenvalue weighted by Gasteiger charge is -2.25. The molecule has 0 aliphatic heterocycles. The molecule has 2 unspecified atom stereocenters. The molecule has 1 saturated carbocycles. The van der Waals surface area contributed by atoms with E-state index in [4.69, 9.17) is 0 Å². The summed E-state index contributed by atoms with van der Waals surface area (Å²) >= 11 is 0. The molecule has 0 amide bonds. The highest BCUT2D eigenvalue weighted by Crippen LogP contribution is 2.55. The van der Waals surface area contributed by atoms with Gasteiger partial charge in [-0.3, -0.25) is 0 Å². The van der Waals surface area contributed by atoms with Crippen molar-refractivity contribution in [1.29, 1.82) is 0 Å². The van der Waals surface area contributed by atoms with E-state index in [1.807, 2.05) is 0 Å². The average molecular weight is 709 g/mol. The Morgan fingerprint density at radius 2 is 1.18 bits per heavy atom. The third-order valence-electron chi connectivity index (χ3n) is 11.8. The Kier molecular flexibility index (Phi) is 7.31. The van der Waals surface area contributed by atoms with Crippen LogP contribution in [0.2, 0.25) is 0 Å². The largest absolute Gasteiger partial charge is 0.345 e.